The molecule has 0 radical (unpaired) electrons. The molecule has 2 fully saturated rings. The van der Waals surface area contributed by atoms with E-state index in [-0.39, 0.29) is 17.9 Å². The molecule has 1 atom stereocenters. The lowest BCUT2D eigenvalue weighted by atomic mass is 9.99. The molecular weight excluding hydrogens is 464 g/mol. The van der Waals surface area contributed by atoms with E-state index >= 15 is 0 Å². The molecule has 1 aromatic heterocycles. The lowest BCUT2D eigenvalue weighted by Gasteiger charge is -2.24. The van der Waals surface area contributed by atoms with Gasteiger partial charge in [-0.25, -0.2) is 4.68 Å². The quantitative estimate of drug-likeness (QED) is 0.418. The van der Waals surface area contributed by atoms with Crippen LogP contribution < -0.4 is 0 Å². The Bertz CT molecular complexity index is 1420. The molecule has 2 aliphatic rings. The third kappa shape index (κ3) is 4.62. The maximum Gasteiger partial charge on any atom is 0.257 e. The topological polar surface area (TPSA) is 67.7 Å². The second-order valence-electron chi connectivity index (χ2n) is 9.67. The van der Waals surface area contributed by atoms with Crippen molar-refractivity contribution in [1.29, 1.82) is 0 Å². The molecule has 6 rings (SSSR count). The summed E-state index contributed by atoms with van der Waals surface area (Å²) in [5, 5.41) is 7.08. The Morgan fingerprint density at radius 1 is 0.811 bits per heavy atom. The Hall–Kier alpha value is -3.97. The van der Waals surface area contributed by atoms with Gasteiger partial charge in [-0.3, -0.25) is 9.59 Å². The Morgan fingerprint density at radius 3 is 2.41 bits per heavy atom. The van der Waals surface area contributed by atoms with Gasteiger partial charge in [0.25, 0.3) is 11.8 Å². The van der Waals surface area contributed by atoms with Crippen molar-refractivity contribution in [2.24, 2.45) is 0 Å². The molecule has 2 amide bonds. The fourth-order valence-corrected chi connectivity index (χ4v) is 5.36. The summed E-state index contributed by atoms with van der Waals surface area (Å²) in [4.78, 5) is 30.6. The van der Waals surface area contributed by atoms with E-state index in [1.165, 1.54) is 0 Å². The summed E-state index contributed by atoms with van der Waals surface area (Å²) in [7, 11) is 0. The van der Waals surface area contributed by atoms with Crippen molar-refractivity contribution >= 4 is 22.6 Å². The highest BCUT2D eigenvalue weighted by Crippen LogP contribution is 2.31. The number of nitrogens with zero attached hydrogens (tertiary/aromatic N) is 4. The van der Waals surface area contributed by atoms with Crippen LogP contribution in [0.25, 0.3) is 27.7 Å². The smallest absolute Gasteiger partial charge is 0.257 e. The maximum absolute atomic E-state index is 14.0. The summed E-state index contributed by atoms with van der Waals surface area (Å²) < 4.78 is 7.40. The van der Waals surface area contributed by atoms with Gasteiger partial charge >= 0.3 is 0 Å². The largest absolute Gasteiger partial charge is 0.368 e. The molecule has 0 saturated carbocycles. The number of amides is 2. The number of rotatable bonds is 4. The minimum absolute atomic E-state index is 0.0557. The SMILES string of the molecule is O=C(c1cn(-c2ccccc2)nc1-c1cccc2ccccc12)N1CCCN(C(=O)C2CCCO2)CC1. The second kappa shape index (κ2) is 10.2. The third-order valence-electron chi connectivity index (χ3n) is 7.31. The highest BCUT2D eigenvalue weighted by molar-refractivity contribution is 6.05. The zero-order valence-electron chi connectivity index (χ0n) is 20.8. The first kappa shape index (κ1) is 23.4. The highest BCUT2D eigenvalue weighted by Gasteiger charge is 2.31. The lowest BCUT2D eigenvalue weighted by molar-refractivity contribution is -0.140. The van der Waals surface area contributed by atoms with E-state index in [0.717, 1.165) is 41.3 Å². The predicted octanol–water partition coefficient (Wildman–Crippen LogP) is 4.55. The molecule has 2 aliphatic heterocycles. The number of ether oxygens (including phenoxy) is 1. The van der Waals surface area contributed by atoms with Gasteiger partial charge in [0.05, 0.1) is 11.3 Å². The van der Waals surface area contributed by atoms with Gasteiger partial charge in [-0.05, 0) is 42.2 Å². The lowest BCUT2D eigenvalue weighted by Crippen LogP contribution is -2.41. The van der Waals surface area contributed by atoms with Crippen LogP contribution in [-0.4, -0.2) is 70.3 Å². The molecule has 2 saturated heterocycles. The number of benzene rings is 3. The number of para-hydroxylation sites is 1. The second-order valence-corrected chi connectivity index (χ2v) is 9.67. The summed E-state index contributed by atoms with van der Waals surface area (Å²) in [5.74, 6) is -0.00308. The van der Waals surface area contributed by atoms with Gasteiger partial charge in [-0.15, -0.1) is 0 Å². The minimum Gasteiger partial charge on any atom is -0.368 e. The van der Waals surface area contributed by atoms with Crippen LogP contribution in [0.1, 0.15) is 29.6 Å². The van der Waals surface area contributed by atoms with Gasteiger partial charge in [-0.2, -0.15) is 5.10 Å². The summed E-state index contributed by atoms with van der Waals surface area (Å²) in [6.45, 7) is 2.89. The number of fused-ring (bicyclic) bond motifs is 1. The molecule has 4 aromatic rings. The van der Waals surface area contributed by atoms with Crippen LogP contribution in [0, 0.1) is 0 Å². The molecular formula is C30H30N4O3. The van der Waals surface area contributed by atoms with Crippen LogP contribution in [0.2, 0.25) is 0 Å². The predicted molar refractivity (Wildman–Crippen MR) is 143 cm³/mol. The number of hydrogen-bond acceptors (Lipinski definition) is 4. The number of hydrogen-bond donors (Lipinski definition) is 0. The van der Waals surface area contributed by atoms with Crippen LogP contribution in [-0.2, 0) is 9.53 Å². The van der Waals surface area contributed by atoms with E-state index in [0.29, 0.717) is 44.0 Å². The Kier molecular flexibility index (Phi) is 6.45. The summed E-state index contributed by atoms with van der Waals surface area (Å²) >= 11 is 0. The van der Waals surface area contributed by atoms with Gasteiger partial charge in [0.15, 0.2) is 0 Å². The van der Waals surface area contributed by atoms with Crippen LogP contribution in [0.3, 0.4) is 0 Å². The Labute approximate surface area is 216 Å². The van der Waals surface area contributed by atoms with Crippen LogP contribution in [0.4, 0.5) is 0 Å². The van der Waals surface area contributed by atoms with E-state index in [1.54, 1.807) is 4.68 Å². The summed E-state index contributed by atoms with van der Waals surface area (Å²) in [5.41, 5.74) is 3.06. The fraction of sp³-hybridized carbons (Fsp3) is 0.300. The molecule has 0 spiro atoms. The molecule has 3 heterocycles. The third-order valence-corrected chi connectivity index (χ3v) is 7.31. The van der Waals surface area contributed by atoms with Gasteiger partial charge in [0.1, 0.15) is 11.8 Å². The fourth-order valence-electron chi connectivity index (χ4n) is 5.36. The number of aromatic nitrogens is 2. The normalized spacial score (nSPS) is 18.2. The maximum atomic E-state index is 14.0. The molecule has 0 aliphatic carbocycles. The molecule has 37 heavy (non-hydrogen) atoms. The standard InChI is InChI=1S/C30H30N4O3/c35-29(32-16-8-17-33(19-18-32)30(36)27-15-7-20-37-27)26-21-34(23-11-2-1-3-12-23)31-28(26)25-14-6-10-22-9-4-5-13-24(22)25/h1-6,9-14,21,27H,7-8,15-20H2. The zero-order chi connectivity index (χ0) is 25.2. The first-order valence-corrected chi connectivity index (χ1v) is 13.0. The summed E-state index contributed by atoms with van der Waals surface area (Å²) in [6, 6.07) is 24.1. The van der Waals surface area contributed by atoms with Crippen molar-refractivity contribution in [1.82, 2.24) is 19.6 Å². The van der Waals surface area contributed by atoms with Gasteiger partial charge in [0, 0.05) is 44.5 Å². The number of carbonyl (C=O) groups excluding carboxylic acids is 2. The van der Waals surface area contributed by atoms with Crippen molar-refractivity contribution in [3.8, 4) is 16.9 Å². The molecule has 188 valence electrons. The van der Waals surface area contributed by atoms with E-state index < -0.39 is 0 Å². The molecule has 3 aromatic carbocycles. The van der Waals surface area contributed by atoms with Crippen LogP contribution in [0.15, 0.2) is 79.0 Å². The number of carbonyl (C=O) groups is 2. The van der Waals surface area contributed by atoms with E-state index in [1.807, 2.05) is 70.6 Å². The first-order chi connectivity index (χ1) is 18.2. The van der Waals surface area contributed by atoms with Crippen molar-refractivity contribution in [2.75, 3.05) is 32.8 Å². The van der Waals surface area contributed by atoms with E-state index in [4.69, 9.17) is 9.84 Å². The van der Waals surface area contributed by atoms with Crippen molar-refractivity contribution in [3.05, 3.63) is 84.6 Å². The highest BCUT2D eigenvalue weighted by atomic mass is 16.5. The summed E-state index contributed by atoms with van der Waals surface area (Å²) in [6.07, 6.45) is 3.96. The molecule has 0 N–H and O–H groups in total. The van der Waals surface area contributed by atoms with Crippen LogP contribution >= 0.6 is 0 Å². The van der Waals surface area contributed by atoms with Gasteiger partial charge < -0.3 is 14.5 Å². The van der Waals surface area contributed by atoms with E-state index in [9.17, 15) is 9.59 Å². The zero-order valence-corrected chi connectivity index (χ0v) is 20.8. The van der Waals surface area contributed by atoms with Gasteiger partial charge in [0.2, 0.25) is 0 Å². The van der Waals surface area contributed by atoms with Gasteiger partial charge in [-0.1, -0.05) is 60.7 Å². The average molecular weight is 495 g/mol. The monoisotopic (exact) mass is 494 g/mol. The Morgan fingerprint density at radius 2 is 1.57 bits per heavy atom. The van der Waals surface area contributed by atoms with Crippen molar-refractivity contribution in [3.63, 3.8) is 0 Å². The molecule has 0 bridgehead atoms. The molecule has 7 nitrogen and oxygen atoms in total. The van der Waals surface area contributed by atoms with Crippen molar-refractivity contribution in [2.45, 2.75) is 25.4 Å². The van der Waals surface area contributed by atoms with Crippen LogP contribution in [0.5, 0.6) is 0 Å². The minimum atomic E-state index is -0.329. The van der Waals surface area contributed by atoms with Crippen molar-refractivity contribution < 1.29 is 14.3 Å². The first-order valence-electron chi connectivity index (χ1n) is 13.0. The molecule has 1 unspecified atom stereocenters. The van der Waals surface area contributed by atoms with E-state index in [2.05, 4.69) is 18.2 Å². The molecule has 7 heteroatoms. The average Bonchev–Trinajstić information content (AvgIpc) is 3.58. The Balaban J connectivity index is 1.34.